The van der Waals surface area contributed by atoms with Gasteiger partial charge in [-0.15, -0.1) is 11.3 Å². The van der Waals surface area contributed by atoms with Crippen LogP contribution in [-0.2, 0) is 6.42 Å². The Morgan fingerprint density at radius 1 is 1.14 bits per heavy atom. The highest BCUT2D eigenvalue weighted by Gasteiger charge is 2.25. The lowest BCUT2D eigenvalue weighted by Crippen LogP contribution is -2.06. The molecule has 3 nitrogen and oxygen atoms in total. The van der Waals surface area contributed by atoms with Gasteiger partial charge in [-0.1, -0.05) is 31.2 Å². The van der Waals surface area contributed by atoms with Gasteiger partial charge in [-0.2, -0.15) is 0 Å². The molecule has 2 aromatic heterocycles. The van der Waals surface area contributed by atoms with Crippen LogP contribution in [0.2, 0.25) is 0 Å². The van der Waals surface area contributed by atoms with Gasteiger partial charge >= 0.3 is 0 Å². The number of anilines is 1. The van der Waals surface area contributed by atoms with Crippen LogP contribution in [0.3, 0.4) is 0 Å². The maximum absolute atomic E-state index is 5.99. The Kier molecular flexibility index (Phi) is 2.79. The van der Waals surface area contributed by atoms with Gasteiger partial charge in [-0.3, -0.25) is 0 Å². The molecule has 1 unspecified atom stereocenters. The Hall–Kier alpha value is -2.20. The molecule has 21 heavy (non-hydrogen) atoms. The molecule has 2 N–H and O–H groups in total. The fraction of sp³-hybridized carbons (Fsp3) is 0.176. The summed E-state index contributed by atoms with van der Waals surface area (Å²) in [6.45, 7) is 2.28. The first-order valence-corrected chi connectivity index (χ1v) is 7.85. The molecule has 0 saturated carbocycles. The largest absolute Gasteiger partial charge is 0.383 e. The quantitative estimate of drug-likeness (QED) is 0.734. The van der Waals surface area contributed by atoms with Crippen LogP contribution in [-0.4, -0.2) is 9.97 Å². The lowest BCUT2D eigenvalue weighted by atomic mass is 9.86. The van der Waals surface area contributed by atoms with E-state index >= 15 is 0 Å². The van der Waals surface area contributed by atoms with Gasteiger partial charge in [0, 0.05) is 16.6 Å². The van der Waals surface area contributed by atoms with Crippen molar-refractivity contribution in [1.82, 2.24) is 9.97 Å². The minimum absolute atomic E-state index is 0.535. The minimum Gasteiger partial charge on any atom is -0.383 e. The number of fused-ring (bicyclic) bond motifs is 3. The van der Waals surface area contributed by atoms with Crippen LogP contribution in [0.4, 0.5) is 5.82 Å². The van der Waals surface area contributed by atoms with Gasteiger partial charge in [-0.25, -0.2) is 9.97 Å². The van der Waals surface area contributed by atoms with Crippen molar-refractivity contribution in [3.63, 3.8) is 0 Å². The molecule has 3 aromatic rings. The zero-order valence-corrected chi connectivity index (χ0v) is 12.5. The Labute approximate surface area is 127 Å². The maximum Gasteiger partial charge on any atom is 0.133 e. The minimum atomic E-state index is 0.535. The molecule has 0 radical (unpaired) electrons. The van der Waals surface area contributed by atoms with E-state index < -0.39 is 0 Å². The second-order valence-electron chi connectivity index (χ2n) is 5.42. The van der Waals surface area contributed by atoms with Gasteiger partial charge in [-0.05, 0) is 30.0 Å². The summed E-state index contributed by atoms with van der Waals surface area (Å²) in [5.41, 5.74) is 10.7. The Balaban J connectivity index is 1.90. The smallest absolute Gasteiger partial charge is 0.133 e. The van der Waals surface area contributed by atoms with Crippen LogP contribution in [0.15, 0.2) is 42.6 Å². The van der Waals surface area contributed by atoms with Crippen molar-refractivity contribution in [3.05, 3.63) is 53.0 Å². The maximum atomic E-state index is 5.99. The van der Waals surface area contributed by atoms with Crippen molar-refractivity contribution < 1.29 is 0 Å². The second-order valence-corrected chi connectivity index (χ2v) is 6.50. The standard InChI is InChI=1S/C17H15N3S/c1-10-9-14-15(12-6-3-2-5-11(10)12)20-17(21-14)13-7-4-8-19-16(13)18/h2-8,10H,9H2,1H3,(H2,18,19). The lowest BCUT2D eigenvalue weighted by molar-refractivity contribution is 0.757. The number of thiazole rings is 1. The Morgan fingerprint density at radius 2 is 1.95 bits per heavy atom. The summed E-state index contributed by atoms with van der Waals surface area (Å²) in [7, 11) is 0. The zero-order valence-electron chi connectivity index (χ0n) is 11.7. The normalized spacial score (nSPS) is 16.3. The number of nitrogen functional groups attached to an aromatic ring is 1. The molecule has 1 atom stereocenters. The first kappa shape index (κ1) is 12.5. The monoisotopic (exact) mass is 293 g/mol. The molecule has 104 valence electrons. The first-order chi connectivity index (χ1) is 10.2. The van der Waals surface area contributed by atoms with Gasteiger partial charge in [0.05, 0.1) is 11.3 Å². The van der Waals surface area contributed by atoms with E-state index in [1.807, 2.05) is 12.1 Å². The summed E-state index contributed by atoms with van der Waals surface area (Å²) in [6.07, 6.45) is 2.76. The molecule has 4 rings (SSSR count). The SMILES string of the molecule is CC1Cc2sc(-c3cccnc3N)nc2-c2ccccc21. The molecule has 0 bridgehead atoms. The summed E-state index contributed by atoms with van der Waals surface area (Å²) in [5.74, 6) is 1.08. The molecule has 0 spiro atoms. The zero-order chi connectivity index (χ0) is 14.4. The van der Waals surface area contributed by atoms with Crippen molar-refractivity contribution in [1.29, 1.82) is 0 Å². The molecule has 0 saturated heterocycles. The highest BCUT2D eigenvalue weighted by molar-refractivity contribution is 7.15. The van der Waals surface area contributed by atoms with E-state index in [2.05, 4.69) is 36.2 Å². The van der Waals surface area contributed by atoms with Crippen LogP contribution in [0.25, 0.3) is 21.8 Å². The van der Waals surface area contributed by atoms with Crippen LogP contribution in [0.1, 0.15) is 23.3 Å². The van der Waals surface area contributed by atoms with Crippen molar-refractivity contribution >= 4 is 17.2 Å². The van der Waals surface area contributed by atoms with Gasteiger partial charge in [0.1, 0.15) is 10.8 Å². The van der Waals surface area contributed by atoms with Crippen LogP contribution in [0, 0.1) is 0 Å². The third-order valence-corrected chi connectivity index (χ3v) is 5.12. The van der Waals surface area contributed by atoms with Gasteiger partial charge in [0.2, 0.25) is 0 Å². The molecule has 2 heterocycles. The number of aromatic nitrogens is 2. The molecular formula is C17H15N3S. The molecule has 0 amide bonds. The predicted octanol–water partition coefficient (Wildman–Crippen LogP) is 4.11. The van der Waals surface area contributed by atoms with E-state index in [1.165, 1.54) is 16.0 Å². The molecule has 1 aliphatic carbocycles. The number of nitrogens with zero attached hydrogens (tertiary/aromatic N) is 2. The highest BCUT2D eigenvalue weighted by atomic mass is 32.1. The van der Waals surface area contributed by atoms with Crippen LogP contribution >= 0.6 is 11.3 Å². The fourth-order valence-electron chi connectivity index (χ4n) is 2.94. The van der Waals surface area contributed by atoms with Gasteiger partial charge < -0.3 is 5.73 Å². The number of rotatable bonds is 1. The average molecular weight is 293 g/mol. The number of benzene rings is 1. The number of hydrogen-bond acceptors (Lipinski definition) is 4. The molecule has 1 aromatic carbocycles. The molecule has 4 heteroatoms. The second kappa shape index (κ2) is 4.67. The van der Waals surface area contributed by atoms with Crippen molar-refractivity contribution in [2.75, 3.05) is 5.73 Å². The Morgan fingerprint density at radius 3 is 2.81 bits per heavy atom. The van der Waals surface area contributed by atoms with E-state index in [1.54, 1.807) is 17.5 Å². The molecule has 0 aliphatic heterocycles. The Bertz CT molecular complexity index is 822. The van der Waals surface area contributed by atoms with E-state index in [0.29, 0.717) is 11.7 Å². The van der Waals surface area contributed by atoms with Crippen molar-refractivity contribution in [2.24, 2.45) is 0 Å². The highest BCUT2D eigenvalue weighted by Crippen LogP contribution is 2.44. The average Bonchev–Trinajstić information content (AvgIpc) is 2.92. The fourth-order valence-corrected chi connectivity index (χ4v) is 4.18. The van der Waals surface area contributed by atoms with Gasteiger partial charge in [0.25, 0.3) is 0 Å². The summed E-state index contributed by atoms with van der Waals surface area (Å²) < 4.78 is 0. The predicted molar refractivity (Wildman–Crippen MR) is 87.3 cm³/mol. The summed E-state index contributed by atoms with van der Waals surface area (Å²) in [5, 5.41) is 0.967. The molecule has 0 fully saturated rings. The first-order valence-electron chi connectivity index (χ1n) is 7.04. The van der Waals surface area contributed by atoms with Crippen LogP contribution < -0.4 is 5.73 Å². The van der Waals surface area contributed by atoms with Crippen LogP contribution in [0.5, 0.6) is 0 Å². The third kappa shape index (κ3) is 1.94. The summed E-state index contributed by atoms with van der Waals surface area (Å²) in [4.78, 5) is 10.4. The summed E-state index contributed by atoms with van der Waals surface area (Å²) >= 11 is 1.74. The molecule has 1 aliphatic rings. The van der Waals surface area contributed by atoms with E-state index in [-0.39, 0.29) is 0 Å². The van der Waals surface area contributed by atoms with E-state index in [4.69, 9.17) is 10.7 Å². The van der Waals surface area contributed by atoms with Crippen molar-refractivity contribution in [2.45, 2.75) is 19.3 Å². The number of hydrogen-bond donors (Lipinski definition) is 1. The van der Waals surface area contributed by atoms with E-state index in [0.717, 1.165) is 22.7 Å². The summed E-state index contributed by atoms with van der Waals surface area (Å²) in [6, 6.07) is 12.5. The number of nitrogens with two attached hydrogens (primary N) is 1. The molecular weight excluding hydrogens is 278 g/mol. The van der Waals surface area contributed by atoms with E-state index in [9.17, 15) is 0 Å². The third-order valence-electron chi connectivity index (χ3n) is 4.00. The van der Waals surface area contributed by atoms with Crippen molar-refractivity contribution in [3.8, 4) is 21.8 Å². The van der Waals surface area contributed by atoms with Gasteiger partial charge in [0.15, 0.2) is 0 Å². The number of pyridine rings is 1. The topological polar surface area (TPSA) is 51.8 Å². The lowest BCUT2D eigenvalue weighted by Gasteiger charge is -2.21.